The standard InChI is InChI=1S/C13H12N4O3/c1-17-8-14-7-10(17)13(20)16-11-4-2-3-9(15-11)5-6-12(18)19/h2-8H,1H3,(H,18,19)(H,15,16,20)/b6-5+. The van der Waals surface area contributed by atoms with E-state index >= 15 is 0 Å². The quantitative estimate of drug-likeness (QED) is 0.814. The van der Waals surface area contributed by atoms with E-state index < -0.39 is 5.97 Å². The molecule has 0 bridgehead atoms. The first-order valence-corrected chi connectivity index (χ1v) is 5.72. The maximum absolute atomic E-state index is 11.9. The predicted octanol–water partition coefficient (Wildman–Crippen LogP) is 1.17. The van der Waals surface area contributed by atoms with Crippen molar-refractivity contribution in [2.24, 2.45) is 7.05 Å². The van der Waals surface area contributed by atoms with Gasteiger partial charge in [-0.2, -0.15) is 0 Å². The molecule has 0 unspecified atom stereocenters. The Hall–Kier alpha value is -2.96. The fourth-order valence-electron chi connectivity index (χ4n) is 1.53. The van der Waals surface area contributed by atoms with E-state index in [1.54, 1.807) is 29.8 Å². The Kier molecular flexibility index (Phi) is 3.90. The van der Waals surface area contributed by atoms with E-state index in [2.05, 4.69) is 15.3 Å². The van der Waals surface area contributed by atoms with Gasteiger partial charge in [-0.15, -0.1) is 0 Å². The minimum atomic E-state index is -1.06. The maximum Gasteiger partial charge on any atom is 0.328 e. The molecule has 20 heavy (non-hydrogen) atoms. The second-order valence-electron chi connectivity index (χ2n) is 3.96. The number of hydrogen-bond acceptors (Lipinski definition) is 4. The van der Waals surface area contributed by atoms with Gasteiger partial charge in [-0.1, -0.05) is 6.07 Å². The number of rotatable bonds is 4. The van der Waals surface area contributed by atoms with Gasteiger partial charge in [-0.05, 0) is 18.2 Å². The fourth-order valence-corrected chi connectivity index (χ4v) is 1.53. The summed E-state index contributed by atoms with van der Waals surface area (Å²) in [5.74, 6) is -1.06. The fraction of sp³-hybridized carbons (Fsp3) is 0.0769. The first kappa shape index (κ1) is 13.5. The van der Waals surface area contributed by atoms with Gasteiger partial charge >= 0.3 is 5.97 Å². The summed E-state index contributed by atoms with van der Waals surface area (Å²) in [4.78, 5) is 30.4. The molecular formula is C13H12N4O3. The second-order valence-corrected chi connectivity index (χ2v) is 3.96. The summed E-state index contributed by atoms with van der Waals surface area (Å²) in [6.45, 7) is 0. The number of imidazole rings is 1. The first-order chi connectivity index (χ1) is 9.56. The zero-order chi connectivity index (χ0) is 14.5. The van der Waals surface area contributed by atoms with Crippen LogP contribution in [0.1, 0.15) is 16.2 Å². The highest BCUT2D eigenvalue weighted by atomic mass is 16.4. The zero-order valence-electron chi connectivity index (χ0n) is 10.6. The number of aromatic nitrogens is 3. The molecule has 0 aromatic carbocycles. The van der Waals surface area contributed by atoms with Crippen LogP contribution in [0.15, 0.2) is 36.8 Å². The topological polar surface area (TPSA) is 97.1 Å². The number of carbonyl (C=O) groups excluding carboxylic acids is 1. The number of carbonyl (C=O) groups is 2. The molecular weight excluding hydrogens is 260 g/mol. The van der Waals surface area contributed by atoms with Gasteiger partial charge in [0.2, 0.25) is 0 Å². The molecule has 2 heterocycles. The molecule has 7 nitrogen and oxygen atoms in total. The predicted molar refractivity (Wildman–Crippen MR) is 72.1 cm³/mol. The van der Waals surface area contributed by atoms with Crippen LogP contribution in [0, 0.1) is 0 Å². The Morgan fingerprint density at radius 2 is 2.20 bits per heavy atom. The number of nitrogens with zero attached hydrogens (tertiary/aromatic N) is 3. The molecule has 2 rings (SSSR count). The van der Waals surface area contributed by atoms with Crippen LogP contribution < -0.4 is 5.32 Å². The normalized spacial score (nSPS) is 10.7. The van der Waals surface area contributed by atoms with E-state index in [-0.39, 0.29) is 5.91 Å². The minimum absolute atomic E-state index is 0.336. The average molecular weight is 272 g/mol. The molecule has 0 aliphatic carbocycles. The molecule has 0 atom stereocenters. The number of pyridine rings is 1. The summed E-state index contributed by atoms with van der Waals surface area (Å²) in [5, 5.41) is 11.2. The molecule has 0 spiro atoms. The molecule has 0 fully saturated rings. The van der Waals surface area contributed by atoms with Crippen molar-refractivity contribution in [3.8, 4) is 0 Å². The molecule has 0 aliphatic rings. The SMILES string of the molecule is Cn1cncc1C(=O)Nc1cccc(/C=C/C(=O)O)n1. The molecule has 1 amide bonds. The first-order valence-electron chi connectivity index (χ1n) is 5.72. The Balaban J connectivity index is 2.14. The second kappa shape index (κ2) is 5.79. The third kappa shape index (κ3) is 3.29. The third-order valence-corrected chi connectivity index (χ3v) is 2.46. The van der Waals surface area contributed by atoms with Gasteiger partial charge in [0.1, 0.15) is 11.5 Å². The molecule has 0 aliphatic heterocycles. The summed E-state index contributed by atoms with van der Waals surface area (Å²) < 4.78 is 1.59. The molecule has 2 aromatic heterocycles. The summed E-state index contributed by atoms with van der Waals surface area (Å²) in [7, 11) is 1.71. The van der Waals surface area contributed by atoms with Crippen molar-refractivity contribution >= 4 is 23.8 Å². The van der Waals surface area contributed by atoms with Crippen LogP contribution in [-0.4, -0.2) is 31.5 Å². The van der Waals surface area contributed by atoms with Crippen LogP contribution in [0.3, 0.4) is 0 Å². The van der Waals surface area contributed by atoms with E-state index in [0.717, 1.165) is 6.08 Å². The molecule has 0 saturated carbocycles. The summed E-state index contributed by atoms with van der Waals surface area (Å²) in [6, 6.07) is 4.93. The van der Waals surface area contributed by atoms with E-state index in [1.807, 2.05) is 0 Å². The Morgan fingerprint density at radius 1 is 1.40 bits per heavy atom. The number of aliphatic carboxylic acids is 1. The molecule has 102 valence electrons. The van der Waals surface area contributed by atoms with Crippen molar-refractivity contribution in [1.29, 1.82) is 0 Å². The Bertz CT molecular complexity index is 676. The number of aryl methyl sites for hydroxylation is 1. The summed E-state index contributed by atoms with van der Waals surface area (Å²) in [5.41, 5.74) is 0.841. The van der Waals surface area contributed by atoms with E-state index in [4.69, 9.17) is 5.11 Å². The lowest BCUT2D eigenvalue weighted by atomic mass is 10.3. The minimum Gasteiger partial charge on any atom is -0.478 e. The van der Waals surface area contributed by atoms with Gasteiger partial charge in [-0.25, -0.2) is 14.8 Å². The van der Waals surface area contributed by atoms with Crippen LogP contribution in [0.5, 0.6) is 0 Å². The van der Waals surface area contributed by atoms with Crippen molar-refractivity contribution < 1.29 is 14.7 Å². The lowest BCUT2D eigenvalue weighted by Crippen LogP contribution is -2.16. The third-order valence-electron chi connectivity index (χ3n) is 2.46. The monoisotopic (exact) mass is 272 g/mol. The van der Waals surface area contributed by atoms with Crippen LogP contribution in [-0.2, 0) is 11.8 Å². The highest BCUT2D eigenvalue weighted by Gasteiger charge is 2.10. The lowest BCUT2D eigenvalue weighted by molar-refractivity contribution is -0.131. The van der Waals surface area contributed by atoms with Gasteiger partial charge in [-0.3, -0.25) is 4.79 Å². The van der Waals surface area contributed by atoms with Crippen molar-refractivity contribution in [3.63, 3.8) is 0 Å². The van der Waals surface area contributed by atoms with Crippen molar-refractivity contribution in [3.05, 3.63) is 48.2 Å². The lowest BCUT2D eigenvalue weighted by Gasteiger charge is -2.05. The number of anilines is 1. The molecule has 2 aromatic rings. The van der Waals surface area contributed by atoms with Crippen LogP contribution in [0.4, 0.5) is 5.82 Å². The molecule has 7 heteroatoms. The number of hydrogen-bond donors (Lipinski definition) is 2. The Morgan fingerprint density at radius 3 is 2.85 bits per heavy atom. The van der Waals surface area contributed by atoms with E-state index in [0.29, 0.717) is 17.2 Å². The smallest absolute Gasteiger partial charge is 0.328 e. The highest BCUT2D eigenvalue weighted by molar-refractivity contribution is 6.02. The zero-order valence-corrected chi connectivity index (χ0v) is 10.6. The molecule has 2 N–H and O–H groups in total. The van der Waals surface area contributed by atoms with Crippen molar-refractivity contribution in [2.45, 2.75) is 0 Å². The van der Waals surface area contributed by atoms with E-state index in [1.165, 1.54) is 18.6 Å². The Labute approximate surface area is 114 Å². The molecule has 0 saturated heterocycles. The van der Waals surface area contributed by atoms with Crippen LogP contribution in [0.25, 0.3) is 6.08 Å². The molecule has 0 radical (unpaired) electrons. The summed E-state index contributed by atoms with van der Waals surface area (Å²) in [6.07, 6.45) is 5.30. The number of carboxylic acid groups (broad SMARTS) is 1. The maximum atomic E-state index is 11.9. The van der Waals surface area contributed by atoms with E-state index in [9.17, 15) is 9.59 Å². The highest BCUT2D eigenvalue weighted by Crippen LogP contribution is 2.08. The van der Waals surface area contributed by atoms with Gasteiger partial charge in [0.25, 0.3) is 5.91 Å². The van der Waals surface area contributed by atoms with Gasteiger partial charge < -0.3 is 15.0 Å². The largest absolute Gasteiger partial charge is 0.478 e. The number of carboxylic acids is 1. The average Bonchev–Trinajstić information content (AvgIpc) is 2.83. The van der Waals surface area contributed by atoms with Crippen LogP contribution >= 0.6 is 0 Å². The summed E-state index contributed by atoms with van der Waals surface area (Å²) >= 11 is 0. The van der Waals surface area contributed by atoms with Gasteiger partial charge in [0.05, 0.1) is 18.2 Å². The van der Waals surface area contributed by atoms with Gasteiger partial charge in [0.15, 0.2) is 0 Å². The number of amides is 1. The van der Waals surface area contributed by atoms with Crippen molar-refractivity contribution in [1.82, 2.24) is 14.5 Å². The van der Waals surface area contributed by atoms with Crippen molar-refractivity contribution in [2.75, 3.05) is 5.32 Å². The van der Waals surface area contributed by atoms with Crippen LogP contribution in [0.2, 0.25) is 0 Å². The number of nitrogens with one attached hydrogen (secondary N) is 1. The van der Waals surface area contributed by atoms with Gasteiger partial charge in [0, 0.05) is 13.1 Å².